The smallest absolute Gasteiger partial charge is 0.261 e. The molecule has 0 radical (unpaired) electrons. The first-order chi connectivity index (χ1) is 9.51. The van der Waals surface area contributed by atoms with Crippen LogP contribution in [0, 0.1) is 5.92 Å². The molecule has 0 saturated heterocycles. The Hall–Kier alpha value is -0.740. The summed E-state index contributed by atoms with van der Waals surface area (Å²) < 4.78 is 28.8. The monoisotopic (exact) mass is 332 g/mol. The van der Waals surface area contributed by atoms with Gasteiger partial charge in [-0.3, -0.25) is 0 Å². The lowest BCUT2D eigenvalue weighted by Gasteiger charge is -2.23. The summed E-state index contributed by atoms with van der Waals surface area (Å²) in [4.78, 5) is 0.114. The molecule has 0 bridgehead atoms. The van der Waals surface area contributed by atoms with Crippen LogP contribution in [0.2, 0.25) is 0 Å². The lowest BCUT2D eigenvalue weighted by Crippen LogP contribution is -2.15. The summed E-state index contributed by atoms with van der Waals surface area (Å²) in [6, 6.07) is 4.81. The molecule has 1 aromatic rings. The van der Waals surface area contributed by atoms with E-state index in [1.54, 1.807) is 12.1 Å². The third-order valence-electron chi connectivity index (χ3n) is 3.22. The molecule has 3 nitrogen and oxygen atoms in total. The van der Waals surface area contributed by atoms with E-state index in [1.165, 1.54) is 6.07 Å². The molecule has 0 amide bonds. The molecule has 0 aliphatic carbocycles. The maximum atomic E-state index is 11.5. The predicted molar refractivity (Wildman–Crippen MR) is 87.7 cm³/mol. The van der Waals surface area contributed by atoms with E-state index in [1.807, 2.05) is 20.8 Å². The minimum Gasteiger partial charge on any atom is -0.493 e. The van der Waals surface area contributed by atoms with E-state index in [0.29, 0.717) is 12.5 Å². The normalized spacial score (nSPS) is 12.7. The van der Waals surface area contributed by atoms with Gasteiger partial charge in [-0.2, -0.15) is 0 Å². The highest BCUT2D eigenvalue weighted by Crippen LogP contribution is 2.34. The number of rotatable bonds is 6. The van der Waals surface area contributed by atoms with Gasteiger partial charge in [-0.1, -0.05) is 34.6 Å². The van der Waals surface area contributed by atoms with Crippen molar-refractivity contribution in [3.05, 3.63) is 23.8 Å². The van der Waals surface area contributed by atoms with Crippen molar-refractivity contribution in [2.75, 3.05) is 6.61 Å². The molecule has 0 aromatic heterocycles. The molecule has 0 N–H and O–H groups in total. The van der Waals surface area contributed by atoms with Crippen LogP contribution in [0.5, 0.6) is 5.75 Å². The second-order valence-corrected chi connectivity index (χ2v) is 9.30. The van der Waals surface area contributed by atoms with Crippen molar-refractivity contribution in [2.24, 2.45) is 5.92 Å². The van der Waals surface area contributed by atoms with Crippen molar-refractivity contribution in [1.82, 2.24) is 0 Å². The summed E-state index contributed by atoms with van der Waals surface area (Å²) in [6.07, 6.45) is 2.09. The quantitative estimate of drug-likeness (QED) is 0.559. The van der Waals surface area contributed by atoms with Crippen LogP contribution in [0.4, 0.5) is 0 Å². The van der Waals surface area contributed by atoms with Crippen molar-refractivity contribution in [3.63, 3.8) is 0 Å². The Kier molecular flexibility index (Phi) is 6.11. The summed E-state index contributed by atoms with van der Waals surface area (Å²) in [7, 11) is 1.70. The summed E-state index contributed by atoms with van der Waals surface area (Å²) in [6.45, 7) is 11.1. The van der Waals surface area contributed by atoms with Gasteiger partial charge in [0.1, 0.15) is 5.75 Å². The fraction of sp³-hybridized carbons (Fsp3) is 0.625. The highest BCUT2D eigenvalue weighted by molar-refractivity contribution is 8.13. The molecular weight excluding hydrogens is 308 g/mol. The van der Waals surface area contributed by atoms with Crippen molar-refractivity contribution in [2.45, 2.75) is 57.8 Å². The van der Waals surface area contributed by atoms with Crippen LogP contribution in [0.3, 0.4) is 0 Å². The van der Waals surface area contributed by atoms with Crippen LogP contribution in [-0.4, -0.2) is 15.0 Å². The molecule has 0 heterocycles. The minimum absolute atomic E-state index is 0.114. The van der Waals surface area contributed by atoms with Gasteiger partial charge < -0.3 is 4.74 Å². The zero-order valence-electron chi connectivity index (χ0n) is 13.4. The van der Waals surface area contributed by atoms with Crippen molar-refractivity contribution < 1.29 is 13.2 Å². The predicted octanol–water partition coefficient (Wildman–Crippen LogP) is 4.73. The van der Waals surface area contributed by atoms with Crippen LogP contribution in [-0.2, 0) is 14.5 Å². The van der Waals surface area contributed by atoms with E-state index in [4.69, 9.17) is 15.4 Å². The maximum Gasteiger partial charge on any atom is 0.261 e. The van der Waals surface area contributed by atoms with Gasteiger partial charge in [0.2, 0.25) is 0 Å². The summed E-state index contributed by atoms with van der Waals surface area (Å²) >= 11 is 0. The third kappa shape index (κ3) is 5.87. The second-order valence-electron chi connectivity index (χ2n) is 6.73. The van der Waals surface area contributed by atoms with Crippen LogP contribution in [0.1, 0.15) is 53.0 Å². The lowest BCUT2D eigenvalue weighted by atomic mass is 9.86. The molecular formula is C16H25ClO3S. The Morgan fingerprint density at radius 3 is 2.33 bits per heavy atom. The fourth-order valence-corrected chi connectivity index (χ4v) is 2.82. The molecule has 0 aliphatic rings. The highest BCUT2D eigenvalue weighted by atomic mass is 35.7. The van der Waals surface area contributed by atoms with E-state index in [2.05, 4.69) is 13.8 Å². The fourth-order valence-electron chi connectivity index (χ4n) is 2.05. The Labute approximate surface area is 133 Å². The average Bonchev–Trinajstić information content (AvgIpc) is 2.32. The number of hydrogen-bond donors (Lipinski definition) is 0. The van der Waals surface area contributed by atoms with Gasteiger partial charge in [0.15, 0.2) is 0 Å². The van der Waals surface area contributed by atoms with Crippen molar-refractivity contribution in [3.8, 4) is 5.75 Å². The largest absolute Gasteiger partial charge is 0.493 e. The number of halogens is 1. The summed E-state index contributed by atoms with van der Waals surface area (Å²) in [5.41, 5.74) is 0.638. The molecule has 1 rings (SSSR count). The Morgan fingerprint density at radius 2 is 1.86 bits per heavy atom. The molecule has 120 valence electrons. The van der Waals surface area contributed by atoms with Crippen molar-refractivity contribution >= 4 is 19.7 Å². The number of hydrogen-bond acceptors (Lipinski definition) is 3. The number of benzene rings is 1. The summed E-state index contributed by atoms with van der Waals surface area (Å²) in [5, 5.41) is 0. The van der Waals surface area contributed by atoms with Gasteiger partial charge >= 0.3 is 0 Å². The first-order valence-electron chi connectivity index (χ1n) is 7.24. The van der Waals surface area contributed by atoms with E-state index < -0.39 is 9.05 Å². The Bertz CT molecular complexity index is 572. The van der Waals surface area contributed by atoms with Crippen LogP contribution in [0.15, 0.2) is 23.1 Å². The highest BCUT2D eigenvalue weighted by Gasteiger charge is 2.22. The Balaban J connectivity index is 2.99. The number of ether oxygens (including phenoxy) is 1. The second kappa shape index (κ2) is 7.01. The molecule has 0 atom stereocenters. The van der Waals surface area contributed by atoms with E-state index in [-0.39, 0.29) is 10.3 Å². The van der Waals surface area contributed by atoms with Gasteiger partial charge in [-0.25, -0.2) is 8.42 Å². The molecule has 5 heteroatoms. The first kappa shape index (κ1) is 18.3. The zero-order chi connectivity index (χ0) is 16.3. The molecule has 0 saturated carbocycles. The SMILES string of the molecule is CC(C)CCCOc1ccc(S(=O)(=O)Cl)cc1C(C)(C)C. The summed E-state index contributed by atoms with van der Waals surface area (Å²) in [5.74, 6) is 1.38. The van der Waals surface area contributed by atoms with E-state index in [9.17, 15) is 8.42 Å². The van der Waals surface area contributed by atoms with Gasteiger partial charge in [0.25, 0.3) is 9.05 Å². The molecule has 21 heavy (non-hydrogen) atoms. The average molecular weight is 333 g/mol. The standard InChI is InChI=1S/C16H25ClO3S/c1-12(2)7-6-10-20-15-9-8-13(21(17,18)19)11-14(15)16(3,4)5/h8-9,11-12H,6-7,10H2,1-5H3. The van der Waals surface area contributed by atoms with Gasteiger partial charge in [0, 0.05) is 16.2 Å². The topological polar surface area (TPSA) is 43.4 Å². The lowest BCUT2D eigenvalue weighted by molar-refractivity contribution is 0.290. The molecule has 0 fully saturated rings. The maximum absolute atomic E-state index is 11.5. The molecule has 0 unspecified atom stereocenters. The van der Waals surface area contributed by atoms with Crippen LogP contribution in [0.25, 0.3) is 0 Å². The minimum atomic E-state index is -3.72. The molecule has 1 aromatic carbocycles. The molecule has 0 spiro atoms. The molecule has 0 aliphatic heterocycles. The van der Waals surface area contributed by atoms with Crippen LogP contribution >= 0.6 is 10.7 Å². The Morgan fingerprint density at radius 1 is 1.24 bits per heavy atom. The van der Waals surface area contributed by atoms with Gasteiger partial charge in [0.05, 0.1) is 11.5 Å². The van der Waals surface area contributed by atoms with Crippen LogP contribution < -0.4 is 4.74 Å². The van der Waals surface area contributed by atoms with E-state index >= 15 is 0 Å². The van der Waals surface area contributed by atoms with Crippen molar-refractivity contribution in [1.29, 1.82) is 0 Å². The van der Waals surface area contributed by atoms with E-state index in [0.717, 1.165) is 24.2 Å². The zero-order valence-corrected chi connectivity index (χ0v) is 15.0. The van der Waals surface area contributed by atoms with Gasteiger partial charge in [-0.15, -0.1) is 0 Å². The third-order valence-corrected chi connectivity index (χ3v) is 4.58. The first-order valence-corrected chi connectivity index (χ1v) is 9.54. The van der Waals surface area contributed by atoms with Gasteiger partial charge in [-0.05, 0) is 42.4 Å².